The van der Waals surface area contributed by atoms with E-state index in [9.17, 15) is 9.59 Å². The molecule has 2 aliphatic carbocycles. The smallest absolute Gasteiger partial charge is 0.261 e. The number of nitrogens with zero attached hydrogens (tertiary/aromatic N) is 1. The number of aliphatic imine (C=N–C) groups is 1. The normalized spacial score (nSPS) is 27.8. The molecule has 1 aliphatic heterocycles. The summed E-state index contributed by atoms with van der Waals surface area (Å²) in [6.45, 7) is 0.408. The Labute approximate surface area is 176 Å². The number of hydrogen-bond donors (Lipinski definition) is 2. The van der Waals surface area contributed by atoms with Crippen molar-refractivity contribution in [1.29, 1.82) is 0 Å². The lowest BCUT2D eigenvalue weighted by Crippen LogP contribution is -2.35. The Balaban J connectivity index is 1.25. The first-order chi connectivity index (χ1) is 13.5. The van der Waals surface area contributed by atoms with Crippen LogP contribution in [0.1, 0.15) is 29.6 Å². The van der Waals surface area contributed by atoms with Gasteiger partial charge in [0.25, 0.3) is 11.8 Å². The number of amides is 2. The van der Waals surface area contributed by atoms with Crippen LogP contribution in [-0.2, 0) is 4.79 Å². The molecule has 3 aliphatic rings. The van der Waals surface area contributed by atoms with E-state index in [1.807, 2.05) is 0 Å². The number of amidine groups is 1. The van der Waals surface area contributed by atoms with Crippen molar-refractivity contribution in [2.75, 3.05) is 13.7 Å². The van der Waals surface area contributed by atoms with E-state index in [2.05, 4.69) is 43.7 Å². The van der Waals surface area contributed by atoms with E-state index in [1.54, 1.807) is 25.3 Å². The van der Waals surface area contributed by atoms with Gasteiger partial charge in [-0.15, -0.1) is 0 Å². The van der Waals surface area contributed by atoms with Crippen LogP contribution in [-0.4, -0.2) is 41.9 Å². The van der Waals surface area contributed by atoms with Crippen LogP contribution in [0.25, 0.3) is 0 Å². The van der Waals surface area contributed by atoms with Crippen molar-refractivity contribution in [3.05, 3.63) is 40.4 Å². The summed E-state index contributed by atoms with van der Waals surface area (Å²) in [6, 6.07) is 5.63. The molecule has 2 bridgehead atoms. The van der Waals surface area contributed by atoms with Crippen molar-refractivity contribution in [2.24, 2.45) is 16.8 Å². The van der Waals surface area contributed by atoms with E-state index >= 15 is 0 Å². The van der Waals surface area contributed by atoms with Gasteiger partial charge in [0.15, 0.2) is 5.17 Å². The van der Waals surface area contributed by atoms with Crippen LogP contribution in [0.2, 0.25) is 0 Å². The number of carbonyl (C=O) groups is 2. The monoisotopic (exact) mass is 463 g/mol. The summed E-state index contributed by atoms with van der Waals surface area (Å²) in [5.74, 6) is 1.53. The Hall–Kier alpha value is -1.80. The molecule has 0 spiro atoms. The van der Waals surface area contributed by atoms with Gasteiger partial charge in [-0.2, -0.15) is 4.99 Å². The van der Waals surface area contributed by atoms with E-state index in [4.69, 9.17) is 4.74 Å². The SMILES string of the molecule is COc1ccc(Br)c(C(=O)NCCC2SC(NC3CC4C=CC3C4)=NC2=O)c1. The van der Waals surface area contributed by atoms with E-state index in [0.717, 1.165) is 11.6 Å². The Morgan fingerprint density at radius 3 is 2.93 bits per heavy atom. The molecule has 4 rings (SSSR count). The molecule has 0 saturated heterocycles. The third kappa shape index (κ3) is 4.12. The molecule has 1 aromatic rings. The summed E-state index contributed by atoms with van der Waals surface area (Å²) in [5.41, 5.74) is 0.507. The number of allylic oxidation sites excluding steroid dienone is 1. The van der Waals surface area contributed by atoms with Gasteiger partial charge in [0, 0.05) is 17.1 Å². The predicted molar refractivity (Wildman–Crippen MR) is 114 cm³/mol. The van der Waals surface area contributed by atoms with Gasteiger partial charge >= 0.3 is 0 Å². The van der Waals surface area contributed by atoms with Gasteiger partial charge in [-0.1, -0.05) is 23.9 Å². The molecule has 2 amide bonds. The number of halogens is 1. The fraction of sp³-hybridized carbons (Fsp3) is 0.450. The van der Waals surface area contributed by atoms with Crippen molar-refractivity contribution >= 4 is 44.7 Å². The maximum atomic E-state index is 12.4. The lowest BCUT2D eigenvalue weighted by atomic mass is 10.0. The third-order valence-electron chi connectivity index (χ3n) is 5.44. The average Bonchev–Trinajstić information content (AvgIpc) is 3.38. The molecule has 2 N–H and O–H groups in total. The van der Waals surface area contributed by atoms with Crippen molar-refractivity contribution in [3.8, 4) is 5.75 Å². The lowest BCUT2D eigenvalue weighted by Gasteiger charge is -2.20. The molecule has 148 valence electrons. The van der Waals surface area contributed by atoms with Gasteiger partial charge in [-0.05, 0) is 65.2 Å². The molecule has 0 radical (unpaired) electrons. The highest BCUT2D eigenvalue weighted by Gasteiger charge is 2.38. The first kappa shape index (κ1) is 19.5. The number of rotatable bonds is 6. The van der Waals surface area contributed by atoms with E-state index in [0.29, 0.717) is 46.6 Å². The maximum Gasteiger partial charge on any atom is 0.261 e. The molecule has 6 nitrogen and oxygen atoms in total. The number of fused-ring (bicyclic) bond motifs is 2. The van der Waals surface area contributed by atoms with Gasteiger partial charge in [0.1, 0.15) is 5.75 Å². The number of benzene rings is 1. The number of thioether (sulfide) groups is 1. The van der Waals surface area contributed by atoms with Crippen LogP contribution in [0.15, 0.2) is 39.8 Å². The number of carbonyl (C=O) groups excluding carboxylic acids is 2. The van der Waals surface area contributed by atoms with Gasteiger partial charge in [-0.25, -0.2) is 0 Å². The molecule has 1 saturated carbocycles. The Bertz CT molecular complexity index is 857. The number of ether oxygens (including phenoxy) is 1. The van der Waals surface area contributed by atoms with Gasteiger partial charge < -0.3 is 15.4 Å². The Morgan fingerprint density at radius 1 is 1.36 bits per heavy atom. The van der Waals surface area contributed by atoms with Gasteiger partial charge in [-0.3, -0.25) is 9.59 Å². The van der Waals surface area contributed by atoms with Crippen molar-refractivity contribution < 1.29 is 14.3 Å². The maximum absolute atomic E-state index is 12.4. The number of nitrogens with one attached hydrogen (secondary N) is 2. The fourth-order valence-corrected chi connectivity index (χ4v) is 5.40. The van der Waals surface area contributed by atoms with E-state index in [-0.39, 0.29) is 17.1 Å². The second-order valence-electron chi connectivity index (χ2n) is 7.28. The minimum absolute atomic E-state index is 0.122. The minimum atomic E-state index is -0.245. The summed E-state index contributed by atoms with van der Waals surface area (Å²) in [6.07, 6.45) is 7.44. The highest BCUT2D eigenvalue weighted by Crippen LogP contribution is 2.39. The zero-order valence-corrected chi connectivity index (χ0v) is 17.9. The molecule has 1 heterocycles. The first-order valence-electron chi connectivity index (χ1n) is 9.39. The third-order valence-corrected chi connectivity index (χ3v) is 7.28. The molecule has 8 heteroatoms. The first-order valence-corrected chi connectivity index (χ1v) is 11.1. The summed E-state index contributed by atoms with van der Waals surface area (Å²) in [7, 11) is 1.56. The molecular weight excluding hydrogens is 442 g/mol. The van der Waals surface area contributed by atoms with Crippen molar-refractivity contribution in [3.63, 3.8) is 0 Å². The standard InChI is InChI=1S/C20H22BrN3O3S/c1-27-13-4-5-15(21)14(10-13)18(25)22-7-6-17-19(26)24-20(28-17)23-16-9-11-2-3-12(16)8-11/h2-5,10-12,16-17H,6-9H2,1H3,(H,22,25)(H,23,24,26). The summed E-state index contributed by atoms with van der Waals surface area (Å²) in [5, 5.41) is 6.81. The molecule has 28 heavy (non-hydrogen) atoms. The quantitative estimate of drug-likeness (QED) is 0.633. The Morgan fingerprint density at radius 2 is 2.21 bits per heavy atom. The zero-order valence-electron chi connectivity index (χ0n) is 15.5. The molecule has 4 atom stereocenters. The Kier molecular flexibility index (Phi) is 5.78. The van der Waals surface area contributed by atoms with Crippen molar-refractivity contribution in [2.45, 2.75) is 30.6 Å². The molecule has 4 unspecified atom stereocenters. The largest absolute Gasteiger partial charge is 0.497 e. The highest BCUT2D eigenvalue weighted by molar-refractivity contribution is 9.10. The second kappa shape index (κ2) is 8.29. The minimum Gasteiger partial charge on any atom is -0.497 e. The van der Waals surface area contributed by atoms with Crippen LogP contribution in [0.4, 0.5) is 0 Å². The van der Waals surface area contributed by atoms with Crippen LogP contribution in [0, 0.1) is 11.8 Å². The lowest BCUT2D eigenvalue weighted by molar-refractivity contribution is -0.117. The van der Waals surface area contributed by atoms with E-state index in [1.165, 1.54) is 18.2 Å². The fourth-order valence-electron chi connectivity index (χ4n) is 3.95. The van der Waals surface area contributed by atoms with Crippen LogP contribution >= 0.6 is 27.7 Å². The summed E-state index contributed by atoms with van der Waals surface area (Å²) >= 11 is 4.86. The van der Waals surface area contributed by atoms with Gasteiger partial charge in [0.05, 0.1) is 17.9 Å². The topological polar surface area (TPSA) is 79.8 Å². The number of hydrogen-bond acceptors (Lipinski definition) is 5. The summed E-state index contributed by atoms with van der Waals surface area (Å²) < 4.78 is 5.87. The van der Waals surface area contributed by atoms with Crippen molar-refractivity contribution in [1.82, 2.24) is 10.6 Å². The molecule has 0 aromatic heterocycles. The zero-order chi connectivity index (χ0) is 19.7. The molecule has 1 aromatic carbocycles. The van der Waals surface area contributed by atoms with Crippen LogP contribution in [0.5, 0.6) is 5.75 Å². The van der Waals surface area contributed by atoms with Crippen LogP contribution < -0.4 is 15.4 Å². The van der Waals surface area contributed by atoms with Crippen LogP contribution in [0.3, 0.4) is 0 Å². The summed E-state index contributed by atoms with van der Waals surface area (Å²) in [4.78, 5) is 28.8. The second-order valence-corrected chi connectivity index (χ2v) is 9.33. The number of methoxy groups -OCH3 is 1. The highest BCUT2D eigenvalue weighted by atomic mass is 79.9. The van der Waals surface area contributed by atoms with Gasteiger partial charge in [0.2, 0.25) is 0 Å². The van der Waals surface area contributed by atoms with E-state index < -0.39 is 0 Å². The molecule has 1 fully saturated rings. The molecular formula is C20H22BrN3O3S. The predicted octanol–water partition coefficient (Wildman–Crippen LogP) is 3.13. The average molecular weight is 464 g/mol.